The predicted octanol–water partition coefficient (Wildman–Crippen LogP) is 1.28. The van der Waals surface area contributed by atoms with Crippen LogP contribution in [0, 0.1) is 11.8 Å². The number of hydrogen-bond acceptors (Lipinski definition) is 8. The summed E-state index contributed by atoms with van der Waals surface area (Å²) in [6.45, 7) is 6.59. The van der Waals surface area contributed by atoms with E-state index >= 15 is 0 Å². The van der Waals surface area contributed by atoms with Crippen molar-refractivity contribution in [1.29, 1.82) is 0 Å². The lowest BCUT2D eigenvalue weighted by atomic mass is 9.98. The first-order chi connectivity index (χ1) is 15.5. The minimum absolute atomic E-state index is 0.0354. The van der Waals surface area contributed by atoms with Crippen molar-refractivity contribution in [3.8, 4) is 0 Å². The number of esters is 1. The predicted molar refractivity (Wildman–Crippen MR) is 120 cm³/mol. The zero-order valence-electron chi connectivity index (χ0n) is 19.9. The van der Waals surface area contributed by atoms with Crippen molar-refractivity contribution in [2.45, 2.75) is 46.4 Å². The van der Waals surface area contributed by atoms with Crippen LogP contribution in [0.1, 0.15) is 33.3 Å². The molecule has 0 saturated carbocycles. The second kappa shape index (κ2) is 13.3. The molecule has 0 bridgehead atoms. The van der Waals surface area contributed by atoms with Crippen molar-refractivity contribution in [2.24, 2.45) is 11.8 Å². The number of Topliss-reactive ketones (excluding diaryl/α,β-unsaturated/α-hetero) is 1. The molecule has 0 aliphatic rings. The molecule has 33 heavy (non-hydrogen) atoms. The van der Waals surface area contributed by atoms with Gasteiger partial charge in [-0.05, 0) is 24.4 Å². The Labute approximate surface area is 194 Å². The normalized spacial score (nSPS) is 12.8. The van der Waals surface area contributed by atoms with Crippen LogP contribution in [0.2, 0.25) is 0 Å². The summed E-state index contributed by atoms with van der Waals surface area (Å²) in [5.41, 5.74) is 0.789. The van der Waals surface area contributed by atoms with Crippen molar-refractivity contribution in [3.63, 3.8) is 0 Å². The molecule has 0 fully saturated rings. The summed E-state index contributed by atoms with van der Waals surface area (Å²) in [6, 6.07) is 7.14. The number of imide groups is 1. The highest BCUT2D eigenvalue weighted by Gasteiger charge is 2.34. The Morgan fingerprint density at radius 3 is 2.09 bits per heavy atom. The molecule has 0 radical (unpaired) electrons. The molecule has 0 spiro atoms. The van der Waals surface area contributed by atoms with E-state index in [1.165, 1.54) is 11.9 Å². The minimum atomic E-state index is -1.01. The molecule has 3 amide bonds. The van der Waals surface area contributed by atoms with Crippen molar-refractivity contribution in [1.82, 2.24) is 15.5 Å². The number of hydrogen-bond donors (Lipinski definition) is 2. The number of ketones is 1. The molecule has 1 unspecified atom stereocenters. The Balaban J connectivity index is 2.70. The van der Waals surface area contributed by atoms with Gasteiger partial charge in [0.05, 0.1) is 19.7 Å². The molecule has 1 rings (SSSR count). The second-order valence-corrected chi connectivity index (χ2v) is 8.30. The Morgan fingerprint density at radius 2 is 1.58 bits per heavy atom. The smallest absolute Gasteiger partial charge is 0.408 e. The highest BCUT2D eigenvalue weighted by molar-refractivity contribution is 6.35. The van der Waals surface area contributed by atoms with E-state index in [1.807, 2.05) is 18.2 Å². The number of nitrogens with zero attached hydrogens (tertiary/aromatic N) is 1. The van der Waals surface area contributed by atoms with Crippen LogP contribution in [0.15, 0.2) is 30.3 Å². The van der Waals surface area contributed by atoms with Crippen LogP contribution in [0.3, 0.4) is 0 Å². The Kier molecular flexibility index (Phi) is 11.2. The van der Waals surface area contributed by atoms with Gasteiger partial charge in [-0.15, -0.1) is 0 Å². The van der Waals surface area contributed by atoms with E-state index < -0.39 is 41.7 Å². The van der Waals surface area contributed by atoms with E-state index in [0.717, 1.165) is 12.7 Å². The van der Waals surface area contributed by atoms with E-state index in [2.05, 4.69) is 15.4 Å². The van der Waals surface area contributed by atoms with Gasteiger partial charge in [0.15, 0.2) is 0 Å². The molecule has 0 aromatic heterocycles. The number of nitrogens with one attached hydrogen (secondary N) is 2. The summed E-state index contributed by atoms with van der Waals surface area (Å²) in [7, 11) is 2.60. The van der Waals surface area contributed by atoms with Gasteiger partial charge in [-0.3, -0.25) is 24.6 Å². The van der Waals surface area contributed by atoms with Crippen molar-refractivity contribution in [3.05, 3.63) is 35.9 Å². The van der Waals surface area contributed by atoms with E-state index in [1.54, 1.807) is 39.8 Å². The van der Waals surface area contributed by atoms with Crippen LogP contribution < -0.4 is 10.6 Å². The molecule has 182 valence electrons. The van der Waals surface area contributed by atoms with Gasteiger partial charge in [0, 0.05) is 0 Å². The lowest BCUT2D eigenvalue weighted by Gasteiger charge is -2.28. The van der Waals surface area contributed by atoms with E-state index in [9.17, 15) is 24.0 Å². The van der Waals surface area contributed by atoms with Gasteiger partial charge in [0.25, 0.3) is 5.78 Å². The van der Waals surface area contributed by atoms with E-state index in [4.69, 9.17) is 4.74 Å². The first kappa shape index (κ1) is 27.8. The Bertz CT molecular complexity index is 840. The second-order valence-electron chi connectivity index (χ2n) is 8.30. The Morgan fingerprint density at radius 1 is 0.970 bits per heavy atom. The molecule has 1 aromatic carbocycles. The Hall–Kier alpha value is -3.27. The standard InChI is InChI=1S/C23H33N3O7/c1-14(2)18(25-23(31)33-13-16-10-8-7-9-11-16)21(29)24-17(27)12-26(5)19(15(3)4)20(28)22(30)32-6/h7-11,14-15,18-19H,12-13H2,1-6H3,(H,25,31)(H,24,27,29)/t18-,19?/m0/s1. The van der Waals surface area contributed by atoms with Crippen LogP contribution in [0.25, 0.3) is 0 Å². The molecule has 2 atom stereocenters. The molecule has 0 aliphatic carbocycles. The van der Waals surface area contributed by atoms with Crippen LogP contribution in [0.5, 0.6) is 0 Å². The molecular weight excluding hydrogens is 430 g/mol. The third-order valence-electron chi connectivity index (χ3n) is 4.85. The zero-order chi connectivity index (χ0) is 25.1. The molecular formula is C23H33N3O7. The third-order valence-corrected chi connectivity index (χ3v) is 4.85. The summed E-state index contributed by atoms with van der Waals surface area (Å²) in [6.07, 6.45) is -0.791. The first-order valence-corrected chi connectivity index (χ1v) is 10.6. The SMILES string of the molecule is COC(=O)C(=O)C(C(C)C)N(C)CC(=O)NC(=O)[C@@H](NC(=O)OCc1ccccc1)C(C)C. The van der Waals surface area contributed by atoms with Gasteiger partial charge >= 0.3 is 12.1 Å². The molecule has 10 heteroatoms. The largest absolute Gasteiger partial charge is 0.463 e. The highest BCUT2D eigenvalue weighted by atomic mass is 16.5. The number of ether oxygens (including phenoxy) is 2. The fraction of sp³-hybridized carbons (Fsp3) is 0.522. The topological polar surface area (TPSA) is 131 Å². The van der Waals surface area contributed by atoms with E-state index in [0.29, 0.717) is 0 Å². The van der Waals surface area contributed by atoms with Gasteiger partial charge in [-0.25, -0.2) is 9.59 Å². The summed E-state index contributed by atoms with van der Waals surface area (Å²) >= 11 is 0. The van der Waals surface area contributed by atoms with Gasteiger partial charge in [-0.2, -0.15) is 0 Å². The number of carbonyl (C=O) groups excluding carboxylic acids is 5. The summed E-state index contributed by atoms with van der Waals surface area (Å²) < 4.78 is 9.62. The molecule has 0 heterocycles. The van der Waals surface area contributed by atoms with Gasteiger partial charge < -0.3 is 14.8 Å². The first-order valence-electron chi connectivity index (χ1n) is 10.6. The van der Waals surface area contributed by atoms with E-state index in [-0.39, 0.29) is 25.0 Å². The minimum Gasteiger partial charge on any atom is -0.463 e. The van der Waals surface area contributed by atoms with Gasteiger partial charge in [0.2, 0.25) is 11.8 Å². The fourth-order valence-electron chi connectivity index (χ4n) is 3.24. The van der Waals surface area contributed by atoms with Crippen LogP contribution >= 0.6 is 0 Å². The quantitative estimate of drug-likeness (QED) is 0.371. The zero-order valence-corrected chi connectivity index (χ0v) is 19.9. The van der Waals surface area contributed by atoms with Crippen molar-refractivity contribution < 1.29 is 33.4 Å². The number of alkyl carbamates (subject to hydrolysis) is 1. The number of carbonyl (C=O) groups is 5. The number of benzene rings is 1. The molecule has 0 aliphatic heterocycles. The number of amides is 3. The molecule has 10 nitrogen and oxygen atoms in total. The maximum absolute atomic E-state index is 12.6. The summed E-state index contributed by atoms with van der Waals surface area (Å²) in [4.78, 5) is 62.5. The number of methoxy groups -OCH3 is 1. The number of rotatable bonds is 11. The average molecular weight is 464 g/mol. The molecule has 1 aromatic rings. The maximum Gasteiger partial charge on any atom is 0.408 e. The summed E-state index contributed by atoms with van der Waals surface area (Å²) in [5.74, 6) is -3.79. The van der Waals surface area contributed by atoms with Crippen molar-refractivity contribution >= 4 is 29.7 Å². The lowest BCUT2D eigenvalue weighted by molar-refractivity contribution is -0.155. The lowest BCUT2D eigenvalue weighted by Crippen LogP contribution is -2.54. The van der Waals surface area contributed by atoms with Crippen LogP contribution in [-0.2, 0) is 35.3 Å². The third kappa shape index (κ3) is 9.01. The summed E-state index contributed by atoms with van der Waals surface area (Å²) in [5, 5.41) is 4.70. The van der Waals surface area contributed by atoms with Crippen molar-refractivity contribution in [2.75, 3.05) is 20.7 Å². The highest BCUT2D eigenvalue weighted by Crippen LogP contribution is 2.11. The van der Waals surface area contributed by atoms with Crippen LogP contribution in [0.4, 0.5) is 4.79 Å². The van der Waals surface area contributed by atoms with Crippen LogP contribution in [-0.4, -0.2) is 67.3 Å². The van der Waals surface area contributed by atoms with Gasteiger partial charge in [-0.1, -0.05) is 58.0 Å². The molecule has 0 saturated heterocycles. The maximum atomic E-state index is 12.6. The molecule has 2 N–H and O–H groups in total. The average Bonchev–Trinajstić information content (AvgIpc) is 2.75. The fourth-order valence-corrected chi connectivity index (χ4v) is 3.24. The van der Waals surface area contributed by atoms with Gasteiger partial charge in [0.1, 0.15) is 12.6 Å². The number of likely N-dealkylation sites (N-methyl/N-ethyl adjacent to an activating group) is 1. The monoisotopic (exact) mass is 463 g/mol.